The summed E-state index contributed by atoms with van der Waals surface area (Å²) >= 11 is 5.96. The van der Waals surface area contributed by atoms with Crippen LogP contribution in [0.5, 0.6) is 0 Å². The summed E-state index contributed by atoms with van der Waals surface area (Å²) < 4.78 is 65.4. The fourth-order valence-electron chi connectivity index (χ4n) is 3.12. The normalized spacial score (nSPS) is 14.7. The molecular weight excluding hydrogens is 431 g/mol. The van der Waals surface area contributed by atoms with E-state index in [1.54, 1.807) is 4.90 Å². The number of anilines is 1. The third-order valence-corrected chi connectivity index (χ3v) is 5.01. The SMILES string of the molecule is O=C(NCCc1c(F)cccc1F)N1CCN(c2ncc(C(F)(F)F)cc2Cl)CC1. The lowest BCUT2D eigenvalue weighted by Crippen LogP contribution is -2.52. The van der Waals surface area contributed by atoms with E-state index in [9.17, 15) is 26.7 Å². The molecular formula is C19H18ClF5N4O. The average molecular weight is 449 g/mol. The zero-order valence-corrected chi connectivity index (χ0v) is 16.4. The van der Waals surface area contributed by atoms with Crippen molar-refractivity contribution in [1.29, 1.82) is 0 Å². The Kier molecular flexibility index (Phi) is 6.64. The Balaban J connectivity index is 1.51. The Morgan fingerprint density at radius 2 is 1.77 bits per heavy atom. The summed E-state index contributed by atoms with van der Waals surface area (Å²) in [5.74, 6) is -1.11. The first-order valence-corrected chi connectivity index (χ1v) is 9.48. The number of nitrogens with zero attached hydrogens (tertiary/aromatic N) is 3. The quantitative estimate of drug-likeness (QED) is 0.716. The molecule has 1 fully saturated rings. The molecule has 0 spiro atoms. The highest BCUT2D eigenvalue weighted by molar-refractivity contribution is 6.33. The second-order valence-electron chi connectivity index (χ2n) is 6.68. The van der Waals surface area contributed by atoms with Crippen LogP contribution < -0.4 is 10.2 Å². The third-order valence-electron chi connectivity index (χ3n) is 4.73. The first-order chi connectivity index (χ1) is 14.2. The third kappa shape index (κ3) is 5.10. The molecule has 0 unspecified atom stereocenters. The smallest absolute Gasteiger partial charge is 0.352 e. The minimum Gasteiger partial charge on any atom is -0.352 e. The molecule has 2 aromatic rings. The summed E-state index contributed by atoms with van der Waals surface area (Å²) in [6, 6.07) is 4.01. The number of urea groups is 1. The molecule has 30 heavy (non-hydrogen) atoms. The maximum atomic E-state index is 13.6. The van der Waals surface area contributed by atoms with Crippen molar-refractivity contribution in [3.63, 3.8) is 0 Å². The van der Waals surface area contributed by atoms with Crippen LogP contribution in [0.3, 0.4) is 0 Å². The van der Waals surface area contributed by atoms with Gasteiger partial charge in [0.1, 0.15) is 17.5 Å². The zero-order chi connectivity index (χ0) is 21.9. The van der Waals surface area contributed by atoms with Crippen LogP contribution in [0.2, 0.25) is 5.02 Å². The maximum Gasteiger partial charge on any atom is 0.417 e. The van der Waals surface area contributed by atoms with Crippen molar-refractivity contribution in [2.75, 3.05) is 37.6 Å². The summed E-state index contributed by atoms with van der Waals surface area (Å²) in [7, 11) is 0. The van der Waals surface area contributed by atoms with Crippen molar-refractivity contribution in [3.8, 4) is 0 Å². The number of amides is 2. The molecule has 2 heterocycles. The van der Waals surface area contributed by atoms with Gasteiger partial charge in [0.15, 0.2) is 0 Å². The zero-order valence-electron chi connectivity index (χ0n) is 15.6. The first-order valence-electron chi connectivity index (χ1n) is 9.10. The predicted molar refractivity (Wildman–Crippen MR) is 101 cm³/mol. The molecule has 3 rings (SSSR count). The van der Waals surface area contributed by atoms with Crippen molar-refractivity contribution < 1.29 is 26.7 Å². The maximum absolute atomic E-state index is 13.6. The highest BCUT2D eigenvalue weighted by atomic mass is 35.5. The lowest BCUT2D eigenvalue weighted by Gasteiger charge is -2.35. The standard InChI is InChI=1S/C19H18ClF5N4O/c20-14-10-12(19(23,24)25)11-27-17(14)28-6-8-29(9-7-28)18(30)26-5-4-13-15(21)2-1-3-16(13)22/h1-3,10-11H,4-9H2,(H,26,30). The Morgan fingerprint density at radius 3 is 2.33 bits per heavy atom. The van der Waals surface area contributed by atoms with Crippen LogP contribution in [-0.4, -0.2) is 48.6 Å². The van der Waals surface area contributed by atoms with Crippen LogP contribution in [0.1, 0.15) is 11.1 Å². The van der Waals surface area contributed by atoms with Gasteiger partial charge in [-0.2, -0.15) is 13.2 Å². The van der Waals surface area contributed by atoms with Gasteiger partial charge in [-0.15, -0.1) is 0 Å². The highest BCUT2D eigenvalue weighted by Gasteiger charge is 2.32. The van der Waals surface area contributed by atoms with Gasteiger partial charge in [0.05, 0.1) is 10.6 Å². The Bertz CT molecular complexity index is 896. The number of benzene rings is 1. The second-order valence-corrected chi connectivity index (χ2v) is 7.09. The minimum absolute atomic E-state index is 0.00922. The van der Waals surface area contributed by atoms with E-state index >= 15 is 0 Å². The average Bonchev–Trinajstić information content (AvgIpc) is 2.69. The topological polar surface area (TPSA) is 48.5 Å². The van der Waals surface area contributed by atoms with E-state index in [-0.39, 0.29) is 29.4 Å². The van der Waals surface area contributed by atoms with Gasteiger partial charge in [-0.1, -0.05) is 17.7 Å². The van der Waals surface area contributed by atoms with Gasteiger partial charge in [-0.25, -0.2) is 18.6 Å². The number of nitrogens with one attached hydrogen (secondary N) is 1. The predicted octanol–water partition coefficient (Wildman–Crippen LogP) is 4.11. The summed E-state index contributed by atoms with van der Waals surface area (Å²) in [4.78, 5) is 19.3. The van der Waals surface area contributed by atoms with E-state index in [2.05, 4.69) is 10.3 Å². The van der Waals surface area contributed by atoms with E-state index in [4.69, 9.17) is 11.6 Å². The molecule has 0 atom stereocenters. The molecule has 1 aromatic heterocycles. The van der Waals surface area contributed by atoms with Gasteiger partial charge in [0.25, 0.3) is 0 Å². The molecule has 11 heteroatoms. The van der Waals surface area contributed by atoms with Crippen LogP contribution in [0.15, 0.2) is 30.5 Å². The van der Waals surface area contributed by atoms with Crippen molar-refractivity contribution in [2.45, 2.75) is 12.6 Å². The second kappa shape index (κ2) is 9.03. The largest absolute Gasteiger partial charge is 0.417 e. The number of hydrogen-bond acceptors (Lipinski definition) is 3. The fourth-order valence-corrected chi connectivity index (χ4v) is 3.40. The number of pyridine rings is 1. The number of aromatic nitrogens is 1. The van der Waals surface area contributed by atoms with Gasteiger partial charge in [-0.3, -0.25) is 0 Å². The number of piperazine rings is 1. The van der Waals surface area contributed by atoms with Gasteiger partial charge in [0.2, 0.25) is 0 Å². The lowest BCUT2D eigenvalue weighted by molar-refractivity contribution is -0.137. The van der Waals surface area contributed by atoms with Gasteiger partial charge >= 0.3 is 12.2 Å². The van der Waals surface area contributed by atoms with Crippen LogP contribution >= 0.6 is 11.6 Å². The summed E-state index contributed by atoms with van der Waals surface area (Å²) in [6.07, 6.45) is -3.80. The monoisotopic (exact) mass is 448 g/mol. The first kappa shape index (κ1) is 22.1. The summed E-state index contributed by atoms with van der Waals surface area (Å²) in [6.45, 7) is 1.29. The molecule has 1 aliphatic rings. The van der Waals surface area contributed by atoms with Crippen molar-refractivity contribution in [2.24, 2.45) is 0 Å². The number of hydrogen-bond donors (Lipinski definition) is 1. The Hall–Kier alpha value is -2.62. The van der Waals surface area contributed by atoms with Gasteiger partial charge < -0.3 is 15.1 Å². The van der Waals surface area contributed by atoms with E-state index in [0.29, 0.717) is 26.2 Å². The molecule has 0 radical (unpaired) electrons. The molecule has 0 aliphatic carbocycles. The molecule has 1 N–H and O–H groups in total. The van der Waals surface area contributed by atoms with E-state index in [1.807, 2.05) is 0 Å². The van der Waals surface area contributed by atoms with Crippen LogP contribution in [-0.2, 0) is 12.6 Å². The van der Waals surface area contributed by atoms with Crippen LogP contribution in [0.4, 0.5) is 32.6 Å². The molecule has 1 aromatic carbocycles. The molecule has 162 valence electrons. The minimum atomic E-state index is -4.53. The van der Waals surface area contributed by atoms with Crippen LogP contribution in [0, 0.1) is 11.6 Å². The van der Waals surface area contributed by atoms with Crippen molar-refractivity contribution in [3.05, 3.63) is 58.2 Å². The number of carbonyl (C=O) groups is 1. The summed E-state index contributed by atoms with van der Waals surface area (Å²) in [5, 5.41) is 2.50. The molecule has 1 saturated heterocycles. The van der Waals surface area contributed by atoms with E-state index < -0.39 is 29.4 Å². The number of halogens is 6. The van der Waals surface area contributed by atoms with E-state index in [1.165, 1.54) is 11.0 Å². The highest BCUT2D eigenvalue weighted by Crippen LogP contribution is 2.33. The molecule has 0 saturated carbocycles. The number of carbonyl (C=O) groups excluding carboxylic acids is 1. The van der Waals surface area contributed by atoms with Crippen LogP contribution in [0.25, 0.3) is 0 Å². The van der Waals surface area contributed by atoms with E-state index in [0.717, 1.165) is 24.4 Å². The summed E-state index contributed by atoms with van der Waals surface area (Å²) in [5.41, 5.74) is -1.02. The molecule has 0 bridgehead atoms. The van der Waals surface area contributed by atoms with Gasteiger partial charge in [0, 0.05) is 44.5 Å². The lowest BCUT2D eigenvalue weighted by atomic mass is 10.1. The molecule has 2 amide bonds. The molecule has 5 nitrogen and oxygen atoms in total. The molecule has 1 aliphatic heterocycles. The Labute approximate surface area is 174 Å². The van der Waals surface area contributed by atoms with Crippen molar-refractivity contribution in [1.82, 2.24) is 15.2 Å². The number of alkyl halides is 3. The Morgan fingerprint density at radius 1 is 1.13 bits per heavy atom. The fraction of sp³-hybridized carbons (Fsp3) is 0.368. The van der Waals surface area contributed by atoms with Gasteiger partial charge in [-0.05, 0) is 24.6 Å². The van der Waals surface area contributed by atoms with Crippen molar-refractivity contribution >= 4 is 23.4 Å². The number of rotatable bonds is 4.